The highest BCUT2D eigenvalue weighted by Gasteiger charge is 1.98. The van der Waals surface area contributed by atoms with Gasteiger partial charge in [0, 0.05) is 0 Å². The zero-order chi connectivity index (χ0) is 17.1. The summed E-state index contributed by atoms with van der Waals surface area (Å²) in [5.41, 5.74) is 1.58. The Kier molecular flexibility index (Phi) is 15.5. The van der Waals surface area contributed by atoms with Gasteiger partial charge in [-0.2, -0.15) is 0 Å². The summed E-state index contributed by atoms with van der Waals surface area (Å²) in [4.78, 5) is 0. The van der Waals surface area contributed by atoms with Crippen LogP contribution in [0.1, 0.15) is 129 Å². The highest BCUT2D eigenvalue weighted by Crippen LogP contribution is 2.18. The fourth-order valence-electron chi connectivity index (χ4n) is 3.75. The van der Waals surface area contributed by atoms with Crippen molar-refractivity contribution >= 4 is 0 Å². The van der Waals surface area contributed by atoms with Crippen molar-refractivity contribution in [2.75, 3.05) is 0 Å². The van der Waals surface area contributed by atoms with Crippen molar-refractivity contribution in [3.05, 3.63) is 23.8 Å². The molecule has 0 radical (unpaired) electrons. The lowest BCUT2D eigenvalue weighted by molar-refractivity contribution is 0.527. The summed E-state index contributed by atoms with van der Waals surface area (Å²) in [5, 5.41) is 0. The van der Waals surface area contributed by atoms with E-state index in [1.54, 1.807) is 5.57 Å². The van der Waals surface area contributed by atoms with E-state index in [0.717, 1.165) is 0 Å². The summed E-state index contributed by atoms with van der Waals surface area (Å²) < 4.78 is 0. The standard InChI is InChI=1S/C24H44/c1-2-3-4-5-6-7-8-9-10-11-12-13-14-15-16-17-18-21-24-22-19-20-23-24/h19,22-23H,2-18,20-21H2,1H3. The van der Waals surface area contributed by atoms with E-state index in [1.165, 1.54) is 122 Å². The Labute approximate surface area is 153 Å². The summed E-state index contributed by atoms with van der Waals surface area (Å²) in [5.74, 6) is 0. The first-order chi connectivity index (χ1) is 11.9. The number of unbranched alkanes of at least 4 members (excludes halogenated alkanes) is 16. The molecular formula is C24H44. The van der Waals surface area contributed by atoms with Gasteiger partial charge in [0.2, 0.25) is 0 Å². The lowest BCUT2D eigenvalue weighted by Gasteiger charge is -2.04. The van der Waals surface area contributed by atoms with Crippen LogP contribution in [0.15, 0.2) is 23.8 Å². The van der Waals surface area contributed by atoms with E-state index in [4.69, 9.17) is 0 Å². The zero-order valence-electron chi connectivity index (χ0n) is 16.7. The second kappa shape index (κ2) is 17.3. The molecule has 0 atom stereocenters. The first-order valence-corrected chi connectivity index (χ1v) is 11.3. The number of hydrogen-bond donors (Lipinski definition) is 0. The van der Waals surface area contributed by atoms with Gasteiger partial charge in [-0.3, -0.25) is 0 Å². The van der Waals surface area contributed by atoms with Crippen molar-refractivity contribution in [1.82, 2.24) is 0 Å². The summed E-state index contributed by atoms with van der Waals surface area (Å²) in [6, 6.07) is 0. The molecule has 1 aliphatic rings. The highest BCUT2D eigenvalue weighted by atomic mass is 14.0. The van der Waals surface area contributed by atoms with Crippen LogP contribution in [0.5, 0.6) is 0 Å². The van der Waals surface area contributed by atoms with E-state index in [1.807, 2.05) is 0 Å². The second-order valence-corrected chi connectivity index (χ2v) is 7.82. The van der Waals surface area contributed by atoms with Crippen LogP contribution in [0.2, 0.25) is 0 Å². The molecule has 0 unspecified atom stereocenters. The van der Waals surface area contributed by atoms with Gasteiger partial charge in [-0.1, -0.05) is 133 Å². The maximum absolute atomic E-state index is 2.38. The molecule has 0 aromatic rings. The van der Waals surface area contributed by atoms with Crippen LogP contribution in [0.25, 0.3) is 0 Å². The first kappa shape index (κ1) is 21.5. The molecule has 0 saturated carbocycles. The Morgan fingerprint density at radius 3 is 1.38 bits per heavy atom. The Morgan fingerprint density at radius 2 is 1.00 bits per heavy atom. The molecule has 1 rings (SSSR count). The minimum Gasteiger partial charge on any atom is -0.0805 e. The summed E-state index contributed by atoms with van der Waals surface area (Å²) in [6.45, 7) is 2.30. The van der Waals surface area contributed by atoms with Gasteiger partial charge in [0.15, 0.2) is 0 Å². The molecule has 140 valence electrons. The molecule has 0 aliphatic heterocycles. The van der Waals surface area contributed by atoms with Gasteiger partial charge >= 0.3 is 0 Å². The maximum atomic E-state index is 2.38. The van der Waals surface area contributed by atoms with E-state index in [2.05, 4.69) is 25.2 Å². The molecule has 0 fully saturated rings. The predicted octanol–water partition coefficient (Wildman–Crippen LogP) is 8.91. The van der Waals surface area contributed by atoms with Crippen LogP contribution in [0.3, 0.4) is 0 Å². The number of allylic oxidation sites excluding steroid dienone is 4. The summed E-state index contributed by atoms with van der Waals surface area (Å²) in [6.07, 6.45) is 34.3. The van der Waals surface area contributed by atoms with Crippen molar-refractivity contribution in [3.8, 4) is 0 Å². The van der Waals surface area contributed by atoms with Gasteiger partial charge < -0.3 is 0 Å². The molecular weight excluding hydrogens is 288 g/mol. The molecule has 0 bridgehead atoms. The predicted molar refractivity (Wildman–Crippen MR) is 111 cm³/mol. The van der Waals surface area contributed by atoms with Gasteiger partial charge in [-0.25, -0.2) is 0 Å². The van der Waals surface area contributed by atoms with E-state index in [-0.39, 0.29) is 0 Å². The smallest absolute Gasteiger partial charge is 0.0160 e. The van der Waals surface area contributed by atoms with Crippen LogP contribution in [0, 0.1) is 0 Å². The van der Waals surface area contributed by atoms with Crippen molar-refractivity contribution in [2.24, 2.45) is 0 Å². The first-order valence-electron chi connectivity index (χ1n) is 11.3. The monoisotopic (exact) mass is 332 g/mol. The van der Waals surface area contributed by atoms with Crippen molar-refractivity contribution in [1.29, 1.82) is 0 Å². The van der Waals surface area contributed by atoms with Crippen LogP contribution in [-0.2, 0) is 0 Å². The van der Waals surface area contributed by atoms with Crippen LogP contribution in [-0.4, -0.2) is 0 Å². The second-order valence-electron chi connectivity index (χ2n) is 7.82. The Bertz CT molecular complexity index is 310. The van der Waals surface area contributed by atoms with Gasteiger partial charge in [-0.15, -0.1) is 0 Å². The average Bonchev–Trinajstić information content (AvgIpc) is 3.11. The van der Waals surface area contributed by atoms with Crippen LogP contribution in [0.4, 0.5) is 0 Å². The van der Waals surface area contributed by atoms with Gasteiger partial charge in [0.05, 0.1) is 0 Å². The summed E-state index contributed by atoms with van der Waals surface area (Å²) >= 11 is 0. The number of hydrogen-bond acceptors (Lipinski definition) is 0. The Morgan fingerprint density at radius 1 is 0.583 bits per heavy atom. The SMILES string of the molecule is CCCCCCCCCCCCCCCCCCCC1=CCC=C1. The fourth-order valence-corrected chi connectivity index (χ4v) is 3.75. The molecule has 0 aromatic carbocycles. The van der Waals surface area contributed by atoms with Gasteiger partial charge in [0.25, 0.3) is 0 Å². The normalized spacial score (nSPS) is 13.6. The van der Waals surface area contributed by atoms with E-state index >= 15 is 0 Å². The third-order valence-corrected chi connectivity index (χ3v) is 5.42. The van der Waals surface area contributed by atoms with Crippen molar-refractivity contribution in [2.45, 2.75) is 129 Å². The molecule has 0 spiro atoms. The third kappa shape index (κ3) is 13.9. The molecule has 0 amide bonds. The quantitative estimate of drug-likeness (QED) is 0.220. The largest absolute Gasteiger partial charge is 0.0805 e. The molecule has 24 heavy (non-hydrogen) atoms. The highest BCUT2D eigenvalue weighted by molar-refractivity contribution is 5.25. The van der Waals surface area contributed by atoms with Crippen LogP contribution < -0.4 is 0 Å². The minimum atomic E-state index is 1.17. The van der Waals surface area contributed by atoms with Crippen LogP contribution >= 0.6 is 0 Å². The molecule has 0 saturated heterocycles. The molecule has 1 aliphatic carbocycles. The Hall–Kier alpha value is -0.520. The van der Waals surface area contributed by atoms with E-state index in [0.29, 0.717) is 0 Å². The maximum Gasteiger partial charge on any atom is -0.0160 e. The zero-order valence-corrected chi connectivity index (χ0v) is 16.7. The fraction of sp³-hybridized carbons (Fsp3) is 0.833. The molecule has 0 nitrogen and oxygen atoms in total. The summed E-state index contributed by atoms with van der Waals surface area (Å²) in [7, 11) is 0. The topological polar surface area (TPSA) is 0 Å². The minimum absolute atomic E-state index is 1.17. The van der Waals surface area contributed by atoms with Crippen molar-refractivity contribution in [3.63, 3.8) is 0 Å². The third-order valence-electron chi connectivity index (χ3n) is 5.42. The lowest BCUT2D eigenvalue weighted by Crippen LogP contribution is -1.84. The molecule has 0 heteroatoms. The Balaban J connectivity index is 1.65. The molecule has 0 aromatic heterocycles. The lowest BCUT2D eigenvalue weighted by atomic mass is 10.0. The average molecular weight is 333 g/mol. The van der Waals surface area contributed by atoms with Gasteiger partial charge in [-0.05, 0) is 19.3 Å². The van der Waals surface area contributed by atoms with Crippen molar-refractivity contribution < 1.29 is 0 Å². The van der Waals surface area contributed by atoms with Gasteiger partial charge in [0.1, 0.15) is 0 Å². The van der Waals surface area contributed by atoms with E-state index < -0.39 is 0 Å². The molecule has 0 N–H and O–H groups in total. The van der Waals surface area contributed by atoms with E-state index in [9.17, 15) is 0 Å². The number of rotatable bonds is 18. The molecule has 0 heterocycles.